The summed E-state index contributed by atoms with van der Waals surface area (Å²) < 4.78 is 5.45. The van der Waals surface area contributed by atoms with E-state index >= 15 is 0 Å². The van der Waals surface area contributed by atoms with Crippen molar-refractivity contribution in [3.63, 3.8) is 0 Å². The van der Waals surface area contributed by atoms with Crippen LogP contribution in [-0.2, 0) is 0 Å². The molecule has 17 heavy (non-hydrogen) atoms. The van der Waals surface area contributed by atoms with Crippen molar-refractivity contribution in [1.82, 2.24) is 10.3 Å². The fraction of sp³-hybridized carbons (Fsp3) is 0.182. The number of rotatable bonds is 2. The number of aromatic nitrogens is 2. The van der Waals surface area contributed by atoms with Crippen molar-refractivity contribution in [3.8, 4) is 0 Å². The first-order chi connectivity index (χ1) is 8.08. The van der Waals surface area contributed by atoms with E-state index < -0.39 is 0 Å². The summed E-state index contributed by atoms with van der Waals surface area (Å²) in [5.74, 6) is -0.325. The number of aryl methyl sites for hydroxylation is 2. The minimum atomic E-state index is -0.325. The summed E-state index contributed by atoms with van der Waals surface area (Å²) in [6.45, 7) is 3.58. The van der Waals surface area contributed by atoms with E-state index in [0.717, 1.165) is 15.7 Å². The van der Waals surface area contributed by atoms with Gasteiger partial charge < -0.3 is 5.32 Å². The molecule has 0 atom stereocenters. The van der Waals surface area contributed by atoms with E-state index in [1.54, 1.807) is 6.92 Å². The zero-order valence-electron chi connectivity index (χ0n) is 9.32. The molecule has 0 spiro atoms. The Morgan fingerprint density at radius 1 is 1.35 bits per heavy atom. The fourth-order valence-electron chi connectivity index (χ4n) is 1.39. The lowest BCUT2D eigenvalue weighted by molar-refractivity contribution is 0.101. The number of hydrogen-bond donors (Lipinski definition) is 1. The monoisotopic (exact) mass is 295 g/mol. The van der Waals surface area contributed by atoms with Crippen molar-refractivity contribution in [3.05, 3.63) is 39.6 Å². The van der Waals surface area contributed by atoms with E-state index in [9.17, 15) is 4.79 Å². The molecule has 1 heterocycles. The van der Waals surface area contributed by atoms with Crippen LogP contribution in [0.2, 0.25) is 0 Å². The smallest absolute Gasteiger partial charge is 0.279 e. The summed E-state index contributed by atoms with van der Waals surface area (Å²) >= 11 is 3.36. The summed E-state index contributed by atoms with van der Waals surface area (Å²) in [5, 5.41) is 9.87. The largest absolute Gasteiger partial charge is 0.320 e. The quantitative estimate of drug-likeness (QED) is 0.925. The number of halogens is 1. The van der Waals surface area contributed by atoms with Crippen LogP contribution in [0.4, 0.5) is 5.69 Å². The number of carbonyl (C=O) groups is 1. The second kappa shape index (κ2) is 4.67. The molecular formula is C11H10BrN3O2. The highest BCUT2D eigenvalue weighted by molar-refractivity contribution is 9.10. The highest BCUT2D eigenvalue weighted by Gasteiger charge is 2.15. The fourth-order valence-corrected chi connectivity index (χ4v) is 1.86. The molecule has 2 aromatic rings. The van der Waals surface area contributed by atoms with Gasteiger partial charge in [0.05, 0.1) is 0 Å². The molecule has 0 unspecified atom stereocenters. The zero-order valence-corrected chi connectivity index (χ0v) is 10.9. The minimum absolute atomic E-state index is 0.201. The van der Waals surface area contributed by atoms with Crippen molar-refractivity contribution in [1.29, 1.82) is 0 Å². The van der Waals surface area contributed by atoms with Crippen LogP contribution in [-0.4, -0.2) is 16.2 Å². The molecule has 1 N–H and O–H groups in total. The van der Waals surface area contributed by atoms with Gasteiger partial charge in [-0.3, -0.25) is 4.79 Å². The maximum atomic E-state index is 11.8. The Balaban J connectivity index is 2.22. The van der Waals surface area contributed by atoms with Crippen molar-refractivity contribution < 1.29 is 9.42 Å². The van der Waals surface area contributed by atoms with Crippen LogP contribution in [0.25, 0.3) is 0 Å². The zero-order chi connectivity index (χ0) is 12.4. The number of hydrogen-bond acceptors (Lipinski definition) is 4. The van der Waals surface area contributed by atoms with Gasteiger partial charge in [-0.05, 0) is 42.8 Å². The van der Waals surface area contributed by atoms with Crippen LogP contribution >= 0.6 is 15.9 Å². The third-order valence-electron chi connectivity index (χ3n) is 2.30. The molecular weight excluding hydrogens is 286 g/mol. The molecule has 5 nitrogen and oxygen atoms in total. The number of amides is 1. The summed E-state index contributed by atoms with van der Waals surface area (Å²) in [7, 11) is 0. The highest BCUT2D eigenvalue weighted by Crippen LogP contribution is 2.20. The SMILES string of the molecule is Cc1cc(Br)ccc1NC(=O)c1nonc1C. The summed E-state index contributed by atoms with van der Waals surface area (Å²) in [6, 6.07) is 5.60. The first-order valence-electron chi connectivity index (χ1n) is 4.94. The molecule has 0 fully saturated rings. The van der Waals surface area contributed by atoms with Crippen LogP contribution in [0, 0.1) is 13.8 Å². The Hall–Kier alpha value is -1.69. The highest BCUT2D eigenvalue weighted by atomic mass is 79.9. The first kappa shape index (κ1) is 11.8. The van der Waals surface area contributed by atoms with E-state index in [2.05, 4.69) is 36.2 Å². The van der Waals surface area contributed by atoms with Crippen LogP contribution in [0.5, 0.6) is 0 Å². The average molecular weight is 296 g/mol. The van der Waals surface area contributed by atoms with Gasteiger partial charge in [-0.15, -0.1) is 0 Å². The third kappa shape index (κ3) is 2.52. The Bertz CT molecular complexity index is 566. The van der Waals surface area contributed by atoms with Gasteiger partial charge in [-0.1, -0.05) is 21.1 Å². The van der Waals surface area contributed by atoms with Crippen molar-refractivity contribution in [2.24, 2.45) is 0 Å². The van der Waals surface area contributed by atoms with Crippen molar-refractivity contribution in [2.75, 3.05) is 5.32 Å². The van der Waals surface area contributed by atoms with Gasteiger partial charge in [0.25, 0.3) is 5.91 Å². The average Bonchev–Trinajstić information content (AvgIpc) is 2.68. The van der Waals surface area contributed by atoms with Gasteiger partial charge in [0.2, 0.25) is 0 Å². The molecule has 0 aliphatic heterocycles. The van der Waals surface area contributed by atoms with E-state index in [4.69, 9.17) is 0 Å². The molecule has 1 aromatic heterocycles. The van der Waals surface area contributed by atoms with Crippen LogP contribution < -0.4 is 5.32 Å². The number of nitrogens with one attached hydrogen (secondary N) is 1. The molecule has 0 aliphatic rings. The van der Waals surface area contributed by atoms with Crippen molar-refractivity contribution in [2.45, 2.75) is 13.8 Å². The summed E-state index contributed by atoms with van der Waals surface area (Å²) in [5.41, 5.74) is 2.37. The number of benzene rings is 1. The van der Waals surface area contributed by atoms with Gasteiger partial charge in [0.1, 0.15) is 5.69 Å². The van der Waals surface area contributed by atoms with Gasteiger partial charge in [0, 0.05) is 10.2 Å². The normalized spacial score (nSPS) is 10.3. The minimum Gasteiger partial charge on any atom is -0.320 e. The molecule has 0 radical (unpaired) electrons. The lowest BCUT2D eigenvalue weighted by Crippen LogP contribution is -2.14. The van der Waals surface area contributed by atoms with Crippen molar-refractivity contribution >= 4 is 27.5 Å². The molecule has 0 saturated heterocycles. The Morgan fingerprint density at radius 3 is 2.71 bits per heavy atom. The molecule has 2 rings (SSSR count). The van der Waals surface area contributed by atoms with Crippen LogP contribution in [0.3, 0.4) is 0 Å². The van der Waals surface area contributed by atoms with Gasteiger partial charge in [0.15, 0.2) is 5.69 Å². The van der Waals surface area contributed by atoms with E-state index in [1.165, 1.54) is 0 Å². The molecule has 1 aromatic carbocycles. The lowest BCUT2D eigenvalue weighted by atomic mass is 10.2. The molecule has 88 valence electrons. The van der Waals surface area contributed by atoms with Gasteiger partial charge in [-0.25, -0.2) is 4.63 Å². The molecule has 0 saturated carbocycles. The molecule has 0 aliphatic carbocycles. The second-order valence-corrected chi connectivity index (χ2v) is 4.53. The maximum absolute atomic E-state index is 11.8. The molecule has 1 amide bonds. The lowest BCUT2D eigenvalue weighted by Gasteiger charge is -2.07. The van der Waals surface area contributed by atoms with E-state index in [0.29, 0.717) is 5.69 Å². The predicted molar refractivity (Wildman–Crippen MR) is 65.9 cm³/mol. The van der Waals surface area contributed by atoms with E-state index in [1.807, 2.05) is 25.1 Å². The van der Waals surface area contributed by atoms with Crippen LogP contribution in [0.15, 0.2) is 27.3 Å². The number of carbonyl (C=O) groups excluding carboxylic acids is 1. The third-order valence-corrected chi connectivity index (χ3v) is 2.80. The van der Waals surface area contributed by atoms with Gasteiger partial charge >= 0.3 is 0 Å². The predicted octanol–water partition coefficient (Wildman–Crippen LogP) is 2.70. The topological polar surface area (TPSA) is 68.0 Å². The number of anilines is 1. The summed E-state index contributed by atoms with van der Waals surface area (Å²) in [6.07, 6.45) is 0. The number of nitrogens with zero attached hydrogens (tertiary/aromatic N) is 2. The first-order valence-corrected chi connectivity index (χ1v) is 5.74. The van der Waals surface area contributed by atoms with Crippen LogP contribution in [0.1, 0.15) is 21.7 Å². The second-order valence-electron chi connectivity index (χ2n) is 3.61. The van der Waals surface area contributed by atoms with Gasteiger partial charge in [-0.2, -0.15) is 0 Å². The Labute approximate surface area is 106 Å². The van der Waals surface area contributed by atoms with E-state index in [-0.39, 0.29) is 11.6 Å². The summed E-state index contributed by atoms with van der Waals surface area (Å²) in [4.78, 5) is 11.8. The Kier molecular flexibility index (Phi) is 3.23. The maximum Gasteiger partial charge on any atom is 0.279 e. The standard InChI is InChI=1S/C11H10BrN3O2/c1-6-5-8(12)3-4-9(6)13-11(16)10-7(2)14-17-15-10/h3-5H,1-2H3,(H,13,16). The Morgan fingerprint density at radius 2 is 2.12 bits per heavy atom. The molecule has 6 heteroatoms. The molecule has 0 bridgehead atoms.